The van der Waals surface area contributed by atoms with Gasteiger partial charge in [-0.25, -0.2) is 0 Å². The summed E-state index contributed by atoms with van der Waals surface area (Å²) < 4.78 is 0. The van der Waals surface area contributed by atoms with Gasteiger partial charge in [-0.05, 0) is 25.1 Å². The maximum Gasteiger partial charge on any atom is 0.253 e. The van der Waals surface area contributed by atoms with Crippen molar-refractivity contribution in [2.24, 2.45) is 0 Å². The van der Waals surface area contributed by atoms with Crippen LogP contribution in [0.5, 0.6) is 0 Å². The van der Waals surface area contributed by atoms with Crippen molar-refractivity contribution in [3.63, 3.8) is 0 Å². The second-order valence-electron chi connectivity index (χ2n) is 6.40. The molecule has 1 aromatic carbocycles. The van der Waals surface area contributed by atoms with Crippen LogP contribution in [0.3, 0.4) is 0 Å². The summed E-state index contributed by atoms with van der Waals surface area (Å²) in [5.74, 6) is 0.822. The van der Waals surface area contributed by atoms with Crippen molar-refractivity contribution in [2.45, 2.75) is 13.0 Å². The minimum absolute atomic E-state index is 0.0609. The molecule has 0 aliphatic carbocycles. The van der Waals surface area contributed by atoms with E-state index in [1.54, 1.807) is 12.4 Å². The highest BCUT2D eigenvalue weighted by Gasteiger charge is 2.29. The van der Waals surface area contributed by atoms with E-state index in [2.05, 4.69) is 27.0 Å². The largest absolute Gasteiger partial charge is 0.348 e. The molecule has 1 saturated heterocycles. The van der Waals surface area contributed by atoms with E-state index < -0.39 is 0 Å². The Balaban J connectivity index is 1.59. The molecule has 1 amide bonds. The van der Waals surface area contributed by atoms with E-state index in [1.807, 2.05) is 41.3 Å². The van der Waals surface area contributed by atoms with Gasteiger partial charge in [-0.2, -0.15) is 0 Å². The highest BCUT2D eigenvalue weighted by molar-refractivity contribution is 6.34. The molecule has 7 heteroatoms. The van der Waals surface area contributed by atoms with Gasteiger partial charge in [0.25, 0.3) is 5.91 Å². The highest BCUT2D eigenvalue weighted by atomic mass is 35.5. The number of fused-ring (bicyclic) bond motifs is 1. The fraction of sp³-hybridized carbons (Fsp3) is 0.263. The molecule has 1 atom stereocenters. The predicted octanol–water partition coefficient (Wildman–Crippen LogP) is 3.03. The van der Waals surface area contributed by atoms with Gasteiger partial charge in [-0.1, -0.05) is 29.8 Å². The summed E-state index contributed by atoms with van der Waals surface area (Å²) in [4.78, 5) is 21.0. The molecule has 4 rings (SSSR count). The lowest BCUT2D eigenvalue weighted by Crippen LogP contribution is -2.54. The van der Waals surface area contributed by atoms with Crippen LogP contribution in [0.4, 0.5) is 5.82 Å². The van der Waals surface area contributed by atoms with E-state index in [0.717, 1.165) is 16.6 Å². The maximum absolute atomic E-state index is 12.7. The SMILES string of the molecule is CC1CN(C(=O)c2ccccc2)CCN1c1nnc(Cl)c2ccncc12. The lowest BCUT2D eigenvalue weighted by atomic mass is 10.1. The van der Waals surface area contributed by atoms with Gasteiger partial charge >= 0.3 is 0 Å². The van der Waals surface area contributed by atoms with Crippen molar-refractivity contribution in [1.82, 2.24) is 20.1 Å². The molecule has 0 spiro atoms. The number of benzene rings is 1. The molecular formula is C19H18ClN5O. The van der Waals surface area contributed by atoms with Crippen LogP contribution < -0.4 is 4.90 Å². The van der Waals surface area contributed by atoms with Crippen LogP contribution in [0.25, 0.3) is 10.8 Å². The topological polar surface area (TPSA) is 62.2 Å². The Hall–Kier alpha value is -2.73. The first-order valence-corrected chi connectivity index (χ1v) is 8.90. The van der Waals surface area contributed by atoms with Crippen molar-refractivity contribution >= 4 is 34.1 Å². The summed E-state index contributed by atoms with van der Waals surface area (Å²) in [6.07, 6.45) is 3.46. The van der Waals surface area contributed by atoms with Crippen LogP contribution in [-0.4, -0.2) is 51.7 Å². The van der Waals surface area contributed by atoms with Crippen molar-refractivity contribution in [1.29, 1.82) is 0 Å². The zero-order chi connectivity index (χ0) is 18.1. The summed E-state index contributed by atoms with van der Waals surface area (Å²) in [5.41, 5.74) is 0.717. The lowest BCUT2D eigenvalue weighted by Gasteiger charge is -2.40. The molecular weight excluding hydrogens is 350 g/mol. The van der Waals surface area contributed by atoms with E-state index in [1.165, 1.54) is 0 Å². The van der Waals surface area contributed by atoms with Crippen molar-refractivity contribution in [3.8, 4) is 0 Å². The van der Waals surface area contributed by atoms with Gasteiger partial charge in [0, 0.05) is 54.4 Å². The number of carbonyl (C=O) groups excluding carboxylic acids is 1. The number of halogens is 1. The van der Waals surface area contributed by atoms with Gasteiger partial charge in [-0.15, -0.1) is 10.2 Å². The smallest absolute Gasteiger partial charge is 0.253 e. The Morgan fingerprint density at radius 1 is 1.12 bits per heavy atom. The quantitative estimate of drug-likeness (QED) is 0.696. The number of carbonyl (C=O) groups is 1. The second-order valence-corrected chi connectivity index (χ2v) is 6.75. The number of rotatable bonds is 2. The Bertz CT molecular complexity index is 949. The van der Waals surface area contributed by atoms with Crippen LogP contribution in [0, 0.1) is 0 Å². The van der Waals surface area contributed by atoms with Gasteiger partial charge in [0.2, 0.25) is 0 Å². The third kappa shape index (κ3) is 2.97. The van der Waals surface area contributed by atoms with Crippen LogP contribution in [0.1, 0.15) is 17.3 Å². The fourth-order valence-electron chi connectivity index (χ4n) is 3.38. The molecule has 132 valence electrons. The van der Waals surface area contributed by atoms with E-state index in [-0.39, 0.29) is 11.9 Å². The number of pyridine rings is 1. The van der Waals surface area contributed by atoms with E-state index >= 15 is 0 Å². The fourth-order valence-corrected chi connectivity index (χ4v) is 3.59. The van der Waals surface area contributed by atoms with Crippen molar-refractivity contribution in [2.75, 3.05) is 24.5 Å². The second kappa shape index (κ2) is 6.88. The number of amides is 1. The third-order valence-corrected chi connectivity index (χ3v) is 5.00. The molecule has 26 heavy (non-hydrogen) atoms. The van der Waals surface area contributed by atoms with Crippen LogP contribution >= 0.6 is 11.6 Å². The summed E-state index contributed by atoms with van der Waals surface area (Å²) in [7, 11) is 0. The van der Waals surface area contributed by atoms with Gasteiger partial charge in [0.15, 0.2) is 11.0 Å². The first kappa shape index (κ1) is 16.7. The Morgan fingerprint density at radius 3 is 2.69 bits per heavy atom. The average molecular weight is 368 g/mol. The minimum atomic E-state index is 0.0609. The van der Waals surface area contributed by atoms with Crippen molar-refractivity contribution in [3.05, 3.63) is 59.5 Å². The molecule has 0 radical (unpaired) electrons. The van der Waals surface area contributed by atoms with Crippen LogP contribution in [0.15, 0.2) is 48.8 Å². The molecule has 1 aliphatic heterocycles. The molecule has 3 aromatic rings. The van der Waals surface area contributed by atoms with Crippen LogP contribution in [-0.2, 0) is 0 Å². The first-order chi connectivity index (χ1) is 12.6. The Morgan fingerprint density at radius 2 is 1.92 bits per heavy atom. The molecule has 3 heterocycles. The monoisotopic (exact) mass is 367 g/mol. The number of piperazine rings is 1. The van der Waals surface area contributed by atoms with Gasteiger partial charge in [-0.3, -0.25) is 9.78 Å². The van der Waals surface area contributed by atoms with Gasteiger partial charge in [0.05, 0.1) is 0 Å². The average Bonchev–Trinajstić information content (AvgIpc) is 2.69. The van der Waals surface area contributed by atoms with E-state index in [9.17, 15) is 4.79 Å². The maximum atomic E-state index is 12.7. The normalized spacial score (nSPS) is 17.5. The zero-order valence-corrected chi connectivity index (χ0v) is 15.1. The summed E-state index contributed by atoms with van der Waals surface area (Å²) in [6, 6.07) is 11.3. The lowest BCUT2D eigenvalue weighted by molar-refractivity contribution is 0.0726. The summed E-state index contributed by atoms with van der Waals surface area (Å²) >= 11 is 6.16. The first-order valence-electron chi connectivity index (χ1n) is 8.52. The predicted molar refractivity (Wildman–Crippen MR) is 101 cm³/mol. The molecule has 0 bridgehead atoms. The minimum Gasteiger partial charge on any atom is -0.348 e. The van der Waals surface area contributed by atoms with E-state index in [4.69, 9.17) is 11.6 Å². The summed E-state index contributed by atoms with van der Waals surface area (Å²) in [6.45, 7) is 4.02. The van der Waals surface area contributed by atoms with Gasteiger partial charge in [0.1, 0.15) is 0 Å². The number of aromatic nitrogens is 3. The Labute approximate surface area is 156 Å². The molecule has 1 fully saturated rings. The highest BCUT2D eigenvalue weighted by Crippen LogP contribution is 2.29. The molecule has 0 N–H and O–H groups in total. The van der Waals surface area contributed by atoms with E-state index in [0.29, 0.717) is 30.4 Å². The molecule has 2 aromatic heterocycles. The molecule has 1 aliphatic rings. The van der Waals surface area contributed by atoms with Crippen molar-refractivity contribution < 1.29 is 4.79 Å². The molecule has 0 saturated carbocycles. The zero-order valence-electron chi connectivity index (χ0n) is 14.3. The standard InChI is InChI=1S/C19H18ClN5O/c1-13-12-24(19(26)14-5-3-2-4-6-14)9-10-25(13)18-16-11-21-8-7-15(16)17(20)22-23-18/h2-8,11,13H,9-10,12H2,1H3. The number of hydrogen-bond acceptors (Lipinski definition) is 5. The summed E-state index contributed by atoms with van der Waals surface area (Å²) in [5, 5.41) is 10.5. The third-order valence-electron chi connectivity index (χ3n) is 4.72. The van der Waals surface area contributed by atoms with Gasteiger partial charge < -0.3 is 9.80 Å². The number of nitrogens with zero attached hydrogens (tertiary/aromatic N) is 5. The number of anilines is 1. The molecule has 6 nitrogen and oxygen atoms in total. The molecule has 1 unspecified atom stereocenters. The Kier molecular flexibility index (Phi) is 4.42. The number of hydrogen-bond donors (Lipinski definition) is 0. The van der Waals surface area contributed by atoms with Crippen LogP contribution in [0.2, 0.25) is 5.15 Å².